The Morgan fingerprint density at radius 2 is 1.88 bits per heavy atom. The van der Waals surface area contributed by atoms with Crippen molar-refractivity contribution in [3.8, 4) is 0 Å². The minimum absolute atomic E-state index is 0.0235. The van der Waals surface area contributed by atoms with E-state index in [1.807, 2.05) is 11.8 Å². The Kier molecular flexibility index (Phi) is 5.78. The van der Waals surface area contributed by atoms with Crippen molar-refractivity contribution in [3.63, 3.8) is 0 Å². The van der Waals surface area contributed by atoms with Gasteiger partial charge in [0.25, 0.3) is 0 Å². The van der Waals surface area contributed by atoms with Gasteiger partial charge in [-0.05, 0) is 57.2 Å². The molecule has 11 heteroatoms. The van der Waals surface area contributed by atoms with Gasteiger partial charge in [-0.15, -0.1) is 0 Å². The third-order valence-corrected chi connectivity index (χ3v) is 8.20. The van der Waals surface area contributed by atoms with E-state index in [0.717, 1.165) is 44.4 Å². The number of carbonyl (C=O) groups excluding carboxylic acids is 1. The van der Waals surface area contributed by atoms with E-state index >= 15 is 0 Å². The van der Waals surface area contributed by atoms with Gasteiger partial charge in [0, 0.05) is 38.4 Å². The first kappa shape index (κ1) is 23.1. The van der Waals surface area contributed by atoms with Crippen LogP contribution < -0.4 is 4.90 Å². The number of rotatable bonds is 5. The molecule has 1 atom stereocenters. The Bertz CT molecular complexity index is 1190. The predicted octanol–water partition coefficient (Wildman–Crippen LogP) is 3.47. The maximum atomic E-state index is 14.6. The van der Waals surface area contributed by atoms with Crippen molar-refractivity contribution in [3.05, 3.63) is 35.7 Å². The van der Waals surface area contributed by atoms with Gasteiger partial charge in [0.2, 0.25) is 5.89 Å². The molecule has 34 heavy (non-hydrogen) atoms. The zero-order valence-corrected chi connectivity index (χ0v) is 20.2. The number of aromatic nitrogens is 2. The first-order valence-corrected chi connectivity index (χ1v) is 13.6. The number of halogens is 1. The fourth-order valence-electron chi connectivity index (χ4n) is 4.61. The number of piperidine rings is 1. The largest absolute Gasteiger partial charge is 0.443 e. The molecule has 3 heterocycles. The third kappa shape index (κ3) is 4.75. The highest BCUT2D eigenvalue weighted by Gasteiger charge is 2.43. The number of carbonyl (C=O) groups is 1. The molecule has 1 aromatic carbocycles. The molecule has 1 amide bonds. The average Bonchev–Trinajstić information content (AvgIpc) is 3.20. The van der Waals surface area contributed by atoms with Crippen molar-refractivity contribution >= 4 is 21.6 Å². The fourth-order valence-corrected chi connectivity index (χ4v) is 5.24. The maximum absolute atomic E-state index is 14.6. The number of sulfone groups is 1. The van der Waals surface area contributed by atoms with Crippen LogP contribution in [0.2, 0.25) is 0 Å². The second kappa shape index (κ2) is 8.51. The van der Waals surface area contributed by atoms with Gasteiger partial charge in [-0.3, -0.25) is 0 Å². The van der Waals surface area contributed by atoms with Gasteiger partial charge in [0.05, 0.1) is 16.5 Å². The summed E-state index contributed by atoms with van der Waals surface area (Å²) in [7, 11) is -3.46. The lowest BCUT2D eigenvalue weighted by atomic mass is 9.96. The highest BCUT2D eigenvalue weighted by atomic mass is 32.2. The maximum Gasteiger partial charge on any atom is 0.410 e. The molecular formula is C23H29FN4O5S. The Hall–Kier alpha value is -2.69. The quantitative estimate of drug-likeness (QED) is 0.625. The summed E-state index contributed by atoms with van der Waals surface area (Å²) in [5.74, 6) is 0.727. The Morgan fingerprint density at radius 1 is 1.18 bits per heavy atom. The topological polar surface area (TPSA) is 106 Å². The summed E-state index contributed by atoms with van der Waals surface area (Å²) in [5.41, 5.74) is 0.0959. The third-order valence-electron chi connectivity index (χ3n) is 7.09. The van der Waals surface area contributed by atoms with Crippen molar-refractivity contribution in [2.24, 2.45) is 0 Å². The van der Waals surface area contributed by atoms with E-state index in [4.69, 9.17) is 9.26 Å². The van der Waals surface area contributed by atoms with Crippen LogP contribution in [0.1, 0.15) is 62.6 Å². The fraction of sp³-hybridized carbons (Fsp3) is 0.609. The lowest BCUT2D eigenvalue weighted by molar-refractivity contribution is 0.0518. The summed E-state index contributed by atoms with van der Waals surface area (Å²) in [6.45, 7) is 4.28. The van der Waals surface area contributed by atoms with Gasteiger partial charge >= 0.3 is 6.09 Å². The first-order chi connectivity index (χ1) is 16.1. The Labute approximate surface area is 198 Å². The first-order valence-electron chi connectivity index (χ1n) is 11.7. The average molecular weight is 493 g/mol. The van der Waals surface area contributed by atoms with Crippen LogP contribution in [-0.2, 0) is 14.6 Å². The number of amides is 1. The summed E-state index contributed by atoms with van der Waals surface area (Å²) in [4.78, 5) is 20.5. The molecule has 2 aromatic rings. The van der Waals surface area contributed by atoms with Crippen LogP contribution in [0.25, 0.3) is 0 Å². The molecule has 0 spiro atoms. The molecule has 3 aliphatic rings. The lowest BCUT2D eigenvalue weighted by Crippen LogP contribution is -2.40. The van der Waals surface area contributed by atoms with Crippen LogP contribution in [0.15, 0.2) is 27.6 Å². The minimum atomic E-state index is -3.46. The summed E-state index contributed by atoms with van der Waals surface area (Å²) < 4.78 is 49.0. The molecule has 5 rings (SSSR count). The molecule has 2 aliphatic heterocycles. The summed E-state index contributed by atoms with van der Waals surface area (Å²) in [6.07, 6.45) is 4.91. The van der Waals surface area contributed by atoms with E-state index in [1.54, 1.807) is 4.90 Å². The molecular weight excluding hydrogens is 463 g/mol. The number of hydrogen-bond donors (Lipinski definition) is 0. The number of nitrogens with zero attached hydrogens (tertiary/aromatic N) is 4. The molecule has 1 saturated carbocycles. The van der Waals surface area contributed by atoms with Gasteiger partial charge in [-0.2, -0.15) is 4.98 Å². The number of anilines is 1. The van der Waals surface area contributed by atoms with E-state index in [-0.39, 0.29) is 28.4 Å². The highest BCUT2D eigenvalue weighted by molar-refractivity contribution is 7.90. The van der Waals surface area contributed by atoms with Gasteiger partial charge in [0.1, 0.15) is 11.4 Å². The minimum Gasteiger partial charge on any atom is -0.443 e. The van der Waals surface area contributed by atoms with Crippen LogP contribution in [0, 0.1) is 5.82 Å². The van der Waals surface area contributed by atoms with E-state index < -0.39 is 15.7 Å². The molecule has 1 aromatic heterocycles. The summed E-state index contributed by atoms with van der Waals surface area (Å²) in [6, 6.07) is 4.00. The van der Waals surface area contributed by atoms with Crippen LogP contribution in [0.4, 0.5) is 14.9 Å². The number of ether oxygens (including phenoxy) is 1. The summed E-state index contributed by atoms with van der Waals surface area (Å²) >= 11 is 0. The van der Waals surface area contributed by atoms with Crippen LogP contribution in [-0.4, -0.2) is 67.6 Å². The lowest BCUT2D eigenvalue weighted by Gasteiger charge is -2.30. The van der Waals surface area contributed by atoms with E-state index in [9.17, 15) is 17.6 Å². The van der Waals surface area contributed by atoms with E-state index in [0.29, 0.717) is 43.6 Å². The van der Waals surface area contributed by atoms with Crippen molar-refractivity contribution in [1.82, 2.24) is 15.0 Å². The molecule has 9 nitrogen and oxygen atoms in total. The van der Waals surface area contributed by atoms with Crippen LogP contribution in [0.5, 0.6) is 0 Å². The molecule has 1 aliphatic carbocycles. The van der Waals surface area contributed by atoms with Crippen molar-refractivity contribution in [1.29, 1.82) is 0 Å². The second-order valence-electron chi connectivity index (χ2n) is 9.89. The highest BCUT2D eigenvalue weighted by Crippen LogP contribution is 2.40. The van der Waals surface area contributed by atoms with Crippen LogP contribution in [0.3, 0.4) is 0 Å². The van der Waals surface area contributed by atoms with E-state index in [2.05, 4.69) is 10.1 Å². The van der Waals surface area contributed by atoms with Crippen molar-refractivity contribution in [2.75, 3.05) is 37.3 Å². The standard InChI is InChI=1S/C23H29FN4O5S/c1-23(8-9-23)32-22(29)27-10-5-15(6-11-27)20-25-21(33-26-20)16-7-12-28(14-16)19-4-3-17(13-18(19)24)34(2,30)31/h3-4,13,15-16H,5-12,14H2,1-2H3. The van der Waals surface area contributed by atoms with Gasteiger partial charge in [-0.1, -0.05) is 5.16 Å². The van der Waals surface area contributed by atoms with Gasteiger partial charge in [0.15, 0.2) is 15.7 Å². The Morgan fingerprint density at radius 3 is 2.53 bits per heavy atom. The smallest absolute Gasteiger partial charge is 0.410 e. The second-order valence-corrected chi connectivity index (χ2v) is 11.9. The zero-order chi connectivity index (χ0) is 24.1. The predicted molar refractivity (Wildman–Crippen MR) is 121 cm³/mol. The van der Waals surface area contributed by atoms with Gasteiger partial charge in [-0.25, -0.2) is 17.6 Å². The van der Waals surface area contributed by atoms with Crippen LogP contribution >= 0.6 is 0 Å². The number of benzene rings is 1. The molecule has 3 fully saturated rings. The zero-order valence-electron chi connectivity index (χ0n) is 19.4. The molecule has 184 valence electrons. The normalized spacial score (nSPS) is 22.7. The van der Waals surface area contributed by atoms with E-state index in [1.165, 1.54) is 12.1 Å². The number of likely N-dealkylation sites (tertiary alicyclic amines) is 1. The van der Waals surface area contributed by atoms with Crippen molar-refractivity contribution < 1.29 is 26.9 Å². The monoisotopic (exact) mass is 492 g/mol. The molecule has 0 N–H and O–H groups in total. The summed E-state index contributed by atoms with van der Waals surface area (Å²) in [5, 5.41) is 4.20. The van der Waals surface area contributed by atoms with Crippen molar-refractivity contribution in [2.45, 2.75) is 61.4 Å². The Balaban J connectivity index is 1.18. The van der Waals surface area contributed by atoms with Gasteiger partial charge < -0.3 is 19.1 Å². The molecule has 2 saturated heterocycles. The molecule has 1 unspecified atom stereocenters. The molecule has 0 radical (unpaired) electrons. The molecule has 0 bridgehead atoms. The SMILES string of the molecule is CC1(OC(=O)N2CCC(c3noc(C4CCN(c5ccc(S(C)(=O)=O)cc5F)C4)n3)CC2)CC1. The number of hydrogen-bond acceptors (Lipinski definition) is 8.